The van der Waals surface area contributed by atoms with Crippen LogP contribution in [-0.2, 0) is 22.6 Å². The van der Waals surface area contributed by atoms with Crippen LogP contribution in [0.5, 0.6) is 0 Å². The van der Waals surface area contributed by atoms with Gasteiger partial charge < -0.3 is 10.1 Å². The number of nitrogens with zero attached hydrogens (tertiary/aromatic N) is 3. The number of amides is 1. The number of aromatic nitrogens is 3. The van der Waals surface area contributed by atoms with Crippen molar-refractivity contribution in [1.29, 1.82) is 0 Å². The van der Waals surface area contributed by atoms with Crippen molar-refractivity contribution in [2.75, 3.05) is 11.9 Å². The lowest BCUT2D eigenvalue weighted by Crippen LogP contribution is -2.42. The highest BCUT2D eigenvalue weighted by Crippen LogP contribution is 2.23. The van der Waals surface area contributed by atoms with Crippen molar-refractivity contribution in [3.63, 3.8) is 0 Å². The maximum atomic E-state index is 12.7. The van der Waals surface area contributed by atoms with E-state index in [1.54, 1.807) is 45.0 Å². The number of carbonyl (C=O) groups excluding carboxylic acids is 2. The van der Waals surface area contributed by atoms with E-state index in [1.807, 2.05) is 0 Å². The number of hydrogen-bond donors (Lipinski definition) is 1. The SMILES string of the molecule is CCOC(=O)c1sc(NC(=O)Cn2c(=O)c3ccccc3n(CC)c2=O)nc1C. The molecule has 2 aromatic heterocycles. The molecule has 0 saturated carbocycles. The Balaban J connectivity index is 1.90. The number of para-hydroxylation sites is 1. The second kappa shape index (κ2) is 8.39. The van der Waals surface area contributed by atoms with Crippen LogP contribution in [0.25, 0.3) is 10.9 Å². The highest BCUT2D eigenvalue weighted by atomic mass is 32.1. The Morgan fingerprint density at radius 2 is 1.90 bits per heavy atom. The smallest absolute Gasteiger partial charge is 0.350 e. The zero-order valence-corrected chi connectivity index (χ0v) is 17.0. The average Bonchev–Trinajstić information content (AvgIpc) is 3.06. The van der Waals surface area contributed by atoms with Gasteiger partial charge in [0.1, 0.15) is 11.4 Å². The van der Waals surface area contributed by atoms with Crippen LogP contribution in [0.2, 0.25) is 0 Å². The highest BCUT2D eigenvalue weighted by molar-refractivity contribution is 7.17. The second-order valence-electron chi connectivity index (χ2n) is 6.14. The molecule has 0 aliphatic heterocycles. The first-order valence-corrected chi connectivity index (χ1v) is 9.85. The van der Waals surface area contributed by atoms with Gasteiger partial charge in [0, 0.05) is 6.54 Å². The van der Waals surface area contributed by atoms with Crippen molar-refractivity contribution >= 4 is 39.2 Å². The fourth-order valence-electron chi connectivity index (χ4n) is 2.95. The van der Waals surface area contributed by atoms with Crippen LogP contribution < -0.4 is 16.6 Å². The summed E-state index contributed by atoms with van der Waals surface area (Å²) in [6, 6.07) is 6.76. The van der Waals surface area contributed by atoms with Crippen molar-refractivity contribution in [2.45, 2.75) is 33.9 Å². The van der Waals surface area contributed by atoms with Crippen LogP contribution in [0, 0.1) is 6.92 Å². The Bertz CT molecular complexity index is 1210. The summed E-state index contributed by atoms with van der Waals surface area (Å²) >= 11 is 0.977. The van der Waals surface area contributed by atoms with Gasteiger partial charge in [-0.15, -0.1) is 0 Å². The van der Waals surface area contributed by atoms with Crippen molar-refractivity contribution in [2.24, 2.45) is 0 Å². The fraction of sp³-hybridized carbons (Fsp3) is 0.316. The summed E-state index contributed by atoms with van der Waals surface area (Å²) in [5.74, 6) is -1.11. The molecule has 0 atom stereocenters. The third-order valence-corrected chi connectivity index (χ3v) is 5.31. The zero-order chi connectivity index (χ0) is 21.1. The summed E-state index contributed by atoms with van der Waals surface area (Å²) in [4.78, 5) is 54.2. The number of esters is 1. The van der Waals surface area contributed by atoms with Crippen molar-refractivity contribution < 1.29 is 14.3 Å². The summed E-state index contributed by atoms with van der Waals surface area (Å²) in [5.41, 5.74) is -0.141. The molecule has 29 heavy (non-hydrogen) atoms. The molecule has 1 amide bonds. The van der Waals surface area contributed by atoms with Gasteiger partial charge in [0.05, 0.1) is 23.2 Å². The predicted octanol–water partition coefficient (Wildman–Crippen LogP) is 1.76. The molecule has 3 aromatic rings. The zero-order valence-electron chi connectivity index (χ0n) is 16.2. The third-order valence-electron chi connectivity index (χ3n) is 4.25. The number of nitrogens with one attached hydrogen (secondary N) is 1. The molecule has 10 heteroatoms. The number of fused-ring (bicyclic) bond motifs is 1. The van der Waals surface area contributed by atoms with E-state index >= 15 is 0 Å². The molecule has 152 valence electrons. The minimum Gasteiger partial charge on any atom is -0.462 e. The van der Waals surface area contributed by atoms with Crippen LogP contribution in [0.1, 0.15) is 29.2 Å². The fourth-order valence-corrected chi connectivity index (χ4v) is 3.83. The van der Waals surface area contributed by atoms with Gasteiger partial charge in [-0.3, -0.25) is 18.7 Å². The number of rotatable bonds is 6. The summed E-state index contributed by atoms with van der Waals surface area (Å²) < 4.78 is 7.29. The molecule has 0 fully saturated rings. The quantitative estimate of drug-likeness (QED) is 0.613. The van der Waals surface area contributed by atoms with E-state index < -0.39 is 29.7 Å². The number of thiazole rings is 1. The molecule has 0 radical (unpaired) electrons. The number of carbonyl (C=O) groups is 2. The van der Waals surface area contributed by atoms with Crippen LogP contribution in [-0.4, -0.2) is 32.6 Å². The van der Waals surface area contributed by atoms with E-state index in [9.17, 15) is 19.2 Å². The van der Waals surface area contributed by atoms with Crippen molar-refractivity contribution in [3.05, 3.63) is 55.7 Å². The van der Waals surface area contributed by atoms with Crippen molar-refractivity contribution in [3.8, 4) is 0 Å². The Morgan fingerprint density at radius 1 is 1.17 bits per heavy atom. The lowest BCUT2D eigenvalue weighted by atomic mass is 10.2. The van der Waals surface area contributed by atoms with Crippen molar-refractivity contribution in [1.82, 2.24) is 14.1 Å². The first-order valence-electron chi connectivity index (χ1n) is 9.04. The molecule has 2 heterocycles. The molecule has 0 bridgehead atoms. The minimum atomic E-state index is -0.591. The van der Waals surface area contributed by atoms with E-state index in [2.05, 4.69) is 10.3 Å². The van der Waals surface area contributed by atoms with E-state index in [1.165, 1.54) is 4.57 Å². The summed E-state index contributed by atoms with van der Waals surface area (Å²) in [6.07, 6.45) is 0. The Hall–Kier alpha value is -3.27. The molecule has 0 unspecified atom stereocenters. The maximum absolute atomic E-state index is 12.7. The van der Waals surface area contributed by atoms with Gasteiger partial charge in [0.15, 0.2) is 5.13 Å². The summed E-state index contributed by atoms with van der Waals surface area (Å²) in [7, 11) is 0. The first kappa shape index (κ1) is 20.5. The van der Waals surface area contributed by atoms with Crippen LogP contribution in [0.4, 0.5) is 5.13 Å². The summed E-state index contributed by atoms with van der Waals surface area (Å²) in [5, 5.41) is 3.09. The Morgan fingerprint density at radius 3 is 2.59 bits per heavy atom. The monoisotopic (exact) mass is 416 g/mol. The van der Waals surface area contributed by atoms with Gasteiger partial charge in [-0.25, -0.2) is 14.6 Å². The minimum absolute atomic E-state index is 0.195. The molecular formula is C19H20N4O5S. The van der Waals surface area contributed by atoms with Crippen LogP contribution >= 0.6 is 11.3 Å². The number of anilines is 1. The molecule has 1 N–H and O–H groups in total. The molecule has 0 spiro atoms. The standard InChI is InChI=1S/C19H20N4O5S/c1-4-22-13-9-7-6-8-12(13)16(25)23(19(22)27)10-14(24)21-18-20-11(3)15(29-18)17(26)28-5-2/h6-9H,4-5,10H2,1-3H3,(H,20,21,24). The second-order valence-corrected chi connectivity index (χ2v) is 7.14. The van der Waals surface area contributed by atoms with Crippen LogP contribution in [0.3, 0.4) is 0 Å². The Labute approximate surface area is 169 Å². The molecule has 3 rings (SSSR count). The number of benzene rings is 1. The molecule has 0 saturated heterocycles. The maximum Gasteiger partial charge on any atom is 0.350 e. The summed E-state index contributed by atoms with van der Waals surface area (Å²) in [6.45, 7) is 5.24. The number of hydrogen-bond acceptors (Lipinski definition) is 7. The van der Waals surface area contributed by atoms with Gasteiger partial charge in [-0.1, -0.05) is 23.5 Å². The first-order chi connectivity index (χ1) is 13.9. The number of aryl methyl sites for hydroxylation is 2. The topological polar surface area (TPSA) is 112 Å². The third kappa shape index (κ3) is 3.97. The predicted molar refractivity (Wildman–Crippen MR) is 110 cm³/mol. The molecule has 9 nitrogen and oxygen atoms in total. The molecule has 0 aliphatic carbocycles. The number of ether oxygens (including phenoxy) is 1. The largest absolute Gasteiger partial charge is 0.462 e. The van der Waals surface area contributed by atoms with E-state index in [-0.39, 0.29) is 11.7 Å². The normalized spacial score (nSPS) is 10.9. The lowest BCUT2D eigenvalue weighted by molar-refractivity contribution is -0.116. The highest BCUT2D eigenvalue weighted by Gasteiger charge is 2.19. The molecular weight excluding hydrogens is 396 g/mol. The van der Waals surface area contributed by atoms with Crippen LogP contribution in [0.15, 0.2) is 33.9 Å². The van der Waals surface area contributed by atoms with Gasteiger partial charge in [-0.05, 0) is 32.9 Å². The molecule has 0 aliphatic rings. The van der Waals surface area contributed by atoms with E-state index in [0.29, 0.717) is 28.0 Å². The van der Waals surface area contributed by atoms with Gasteiger partial charge in [0.25, 0.3) is 5.56 Å². The molecule has 1 aromatic carbocycles. The van der Waals surface area contributed by atoms with E-state index in [0.717, 1.165) is 15.9 Å². The Kier molecular flexibility index (Phi) is 5.92. The lowest BCUT2D eigenvalue weighted by Gasteiger charge is -2.12. The van der Waals surface area contributed by atoms with E-state index in [4.69, 9.17) is 4.74 Å². The van der Waals surface area contributed by atoms with Gasteiger partial charge in [-0.2, -0.15) is 0 Å². The van der Waals surface area contributed by atoms with Gasteiger partial charge >= 0.3 is 11.7 Å². The average molecular weight is 416 g/mol. The van der Waals surface area contributed by atoms with Gasteiger partial charge in [0.2, 0.25) is 5.91 Å².